The van der Waals surface area contributed by atoms with Crippen LogP contribution in [-0.2, 0) is 47.3 Å². The van der Waals surface area contributed by atoms with Crippen molar-refractivity contribution in [1.29, 1.82) is 0 Å². The van der Waals surface area contributed by atoms with Crippen molar-refractivity contribution in [1.82, 2.24) is 0 Å². The van der Waals surface area contributed by atoms with E-state index in [1.165, 1.54) is 156 Å². The van der Waals surface area contributed by atoms with E-state index in [0.717, 1.165) is 32.7 Å². The molecule has 14 heteroatoms. The lowest BCUT2D eigenvalue weighted by atomic mass is 9.67. The SMILES string of the molecule is C.CC1(C)OB(c2ccc3ccc4cccc5ccc2c3c45)OC1(C)C.CCCCCCC1(CCCCCC)c2cc(B3OCC(C)(C)CO3)ccc2-c2ccc3cc(B4OCC(C)(C)CO4)ccc3c21.CO[B]c1ccc2ccc3c(B(OC)OC)ccc4ccc1c2c43. The summed E-state index contributed by atoms with van der Waals surface area (Å²) in [4.78, 5) is 0. The molecule has 3 saturated heterocycles. The van der Waals surface area contributed by atoms with Crippen LogP contribution in [-0.4, -0.2) is 94.9 Å². The Morgan fingerprint density at radius 1 is 0.442 bits per heavy atom. The third kappa shape index (κ3) is 13.1. The maximum atomic E-state index is 6.32. The fourth-order valence-corrected chi connectivity index (χ4v) is 15.4. The number of unbranched alkanes of at least 4 members (excludes halogenated alkanes) is 6. The fraction of sp³-hybridized carbons (Fsp3) is 0.407. The Labute approximate surface area is 567 Å². The summed E-state index contributed by atoms with van der Waals surface area (Å²) in [6, 6.07) is 55.5. The Kier molecular flexibility index (Phi) is 20.2. The molecule has 3 fully saturated rings. The van der Waals surface area contributed by atoms with E-state index in [2.05, 4.69) is 221 Å². The Hall–Kier alpha value is -6.28. The molecule has 0 atom stereocenters. The van der Waals surface area contributed by atoms with Gasteiger partial charge in [-0.2, -0.15) is 0 Å². The zero-order valence-electron chi connectivity index (χ0n) is 57.9. The molecule has 15 rings (SSSR count). The highest BCUT2D eigenvalue weighted by Gasteiger charge is 2.52. The van der Waals surface area contributed by atoms with Gasteiger partial charge in [0.15, 0.2) is 0 Å². The minimum Gasteiger partial charge on any atom is -0.437 e. The lowest BCUT2D eigenvalue weighted by Gasteiger charge is -2.35. The second-order valence-electron chi connectivity index (χ2n) is 29.7. The van der Waals surface area contributed by atoms with Gasteiger partial charge >= 0.3 is 36.0 Å². The van der Waals surface area contributed by atoms with Gasteiger partial charge in [-0.25, -0.2) is 0 Å². The minimum absolute atomic E-state index is 0. The molecule has 0 N–H and O–H groups in total. The van der Waals surface area contributed by atoms with Crippen LogP contribution < -0.4 is 27.3 Å². The molecule has 3 aliphatic heterocycles. The first-order valence-electron chi connectivity index (χ1n) is 34.6. The summed E-state index contributed by atoms with van der Waals surface area (Å²) in [5.74, 6) is 0. The molecule has 0 unspecified atom stereocenters. The van der Waals surface area contributed by atoms with E-state index < -0.39 is 0 Å². The Balaban J connectivity index is 0.000000146. The summed E-state index contributed by atoms with van der Waals surface area (Å²) in [7, 11) is 5.48. The quantitative estimate of drug-likeness (QED) is 0.0474. The zero-order valence-corrected chi connectivity index (χ0v) is 57.9. The summed E-state index contributed by atoms with van der Waals surface area (Å²) in [5.41, 5.74) is 10.7. The summed E-state index contributed by atoms with van der Waals surface area (Å²) in [6.45, 7) is 24.7. The number of fused-ring (bicyclic) bond motifs is 5. The largest absolute Gasteiger partial charge is 0.495 e. The Morgan fingerprint density at radius 2 is 0.905 bits per heavy atom. The smallest absolute Gasteiger partial charge is 0.437 e. The van der Waals surface area contributed by atoms with Crippen LogP contribution in [0.4, 0.5) is 0 Å². The monoisotopic (exact) mass is 1270 g/mol. The Bertz CT molecular complexity index is 4440. The van der Waals surface area contributed by atoms with Crippen LogP contribution >= 0.6 is 0 Å². The molecule has 95 heavy (non-hydrogen) atoms. The van der Waals surface area contributed by atoms with Gasteiger partial charge in [0.1, 0.15) is 0 Å². The van der Waals surface area contributed by atoms with Crippen molar-refractivity contribution < 1.29 is 41.9 Å². The molecule has 1 radical (unpaired) electrons. The van der Waals surface area contributed by atoms with E-state index in [-0.39, 0.29) is 63.3 Å². The highest BCUT2D eigenvalue weighted by Crippen LogP contribution is 2.56. The van der Waals surface area contributed by atoms with Crippen LogP contribution in [0.25, 0.3) is 86.5 Å². The summed E-state index contributed by atoms with van der Waals surface area (Å²) < 4.78 is 53.9. The lowest BCUT2D eigenvalue weighted by molar-refractivity contribution is 0.00578. The van der Waals surface area contributed by atoms with Gasteiger partial charge in [-0.05, 0) is 166 Å². The molecule has 0 saturated carbocycles. The van der Waals surface area contributed by atoms with Crippen molar-refractivity contribution in [2.45, 2.75) is 157 Å². The zero-order chi connectivity index (χ0) is 65.7. The predicted molar refractivity (Wildman–Crippen MR) is 404 cm³/mol. The van der Waals surface area contributed by atoms with Crippen molar-refractivity contribution in [2.75, 3.05) is 47.8 Å². The highest BCUT2D eigenvalue weighted by molar-refractivity contribution is 6.66. The van der Waals surface area contributed by atoms with Gasteiger partial charge in [0.25, 0.3) is 0 Å². The summed E-state index contributed by atoms with van der Waals surface area (Å²) in [5, 5.41) is 17.6. The summed E-state index contributed by atoms with van der Waals surface area (Å²) >= 11 is 0. The fourth-order valence-electron chi connectivity index (χ4n) is 15.4. The van der Waals surface area contributed by atoms with Gasteiger partial charge in [-0.3, -0.25) is 0 Å². The van der Waals surface area contributed by atoms with Crippen molar-refractivity contribution in [3.05, 3.63) is 163 Å². The van der Waals surface area contributed by atoms with Crippen molar-refractivity contribution in [3.8, 4) is 11.1 Å². The highest BCUT2D eigenvalue weighted by atomic mass is 16.7. The standard InChI is InChI=1S/C39H54B2O4.C22H21BO2.C19H17B2O3.CH4/c1-7-9-11-13-21-39(22-14-12-10-8-2)35-24-31(41-44-27-38(5,6)28-45-41)17-20-33(35)34-18-15-29-23-30(16-19-32(29)36(34)39)40-42-25-37(3,4)26-43-40;1-21(2)22(3,4)25-23(24-21)18-13-11-16-9-8-14-6-5-7-15-10-12-17(18)20(16)19(14)15;1-22-20-16-10-6-12-5-9-15-17(21(23-2)24-3)11-7-13-4-8-14(16)18(12)19(13)15;/h15-20,23-24H,7-14,21-22,25-28H2,1-6H3;5-13H,1-4H3;4-11H,1-3H3;1H4. The molecule has 11 aromatic carbocycles. The molecule has 0 aromatic heterocycles. The van der Waals surface area contributed by atoms with Crippen LogP contribution in [0, 0.1) is 10.8 Å². The third-order valence-corrected chi connectivity index (χ3v) is 21.1. The normalized spacial score (nSPS) is 17.5. The van der Waals surface area contributed by atoms with Crippen molar-refractivity contribution in [3.63, 3.8) is 0 Å². The maximum Gasteiger partial charge on any atom is 0.495 e. The maximum absolute atomic E-state index is 6.32. The lowest BCUT2D eigenvalue weighted by Crippen LogP contribution is -2.47. The van der Waals surface area contributed by atoms with Crippen molar-refractivity contribution in [2.24, 2.45) is 10.8 Å². The molecule has 0 bridgehead atoms. The topological polar surface area (TPSA) is 83.1 Å². The van der Waals surface area contributed by atoms with Gasteiger partial charge in [0.2, 0.25) is 0 Å². The average molecular weight is 1270 g/mol. The van der Waals surface area contributed by atoms with E-state index in [0.29, 0.717) is 26.4 Å². The summed E-state index contributed by atoms with van der Waals surface area (Å²) in [6.07, 6.45) is 12.5. The first-order valence-corrected chi connectivity index (χ1v) is 34.6. The third-order valence-electron chi connectivity index (χ3n) is 21.1. The van der Waals surface area contributed by atoms with E-state index in [1.807, 2.05) is 0 Å². The molecule has 489 valence electrons. The molecule has 0 amide bonds. The van der Waals surface area contributed by atoms with Gasteiger partial charge in [0, 0.05) is 64.0 Å². The van der Waals surface area contributed by atoms with Crippen LogP contribution in [0.3, 0.4) is 0 Å². The van der Waals surface area contributed by atoms with E-state index >= 15 is 0 Å². The van der Waals surface area contributed by atoms with Gasteiger partial charge in [-0.15, -0.1) is 0 Å². The number of rotatable bonds is 18. The van der Waals surface area contributed by atoms with Crippen LogP contribution in [0.1, 0.15) is 152 Å². The first kappa shape index (κ1) is 68.7. The second kappa shape index (κ2) is 27.9. The minimum atomic E-state index is -0.375. The molecular weight excluding hydrogens is 1170 g/mol. The average Bonchev–Trinajstić information content (AvgIpc) is 1.62. The number of benzene rings is 11. The van der Waals surface area contributed by atoms with Crippen LogP contribution in [0.15, 0.2) is 152 Å². The Morgan fingerprint density at radius 3 is 1.48 bits per heavy atom. The van der Waals surface area contributed by atoms with Gasteiger partial charge < -0.3 is 41.9 Å². The second-order valence-corrected chi connectivity index (χ2v) is 29.7. The van der Waals surface area contributed by atoms with Crippen molar-refractivity contribution >= 4 is 139 Å². The molecule has 1 aliphatic carbocycles. The molecule has 0 spiro atoms. The number of hydrogen-bond acceptors (Lipinski definition) is 9. The molecule has 3 heterocycles. The van der Waals surface area contributed by atoms with Crippen LogP contribution in [0.2, 0.25) is 0 Å². The first-order chi connectivity index (χ1) is 45.3. The molecule has 9 nitrogen and oxygen atoms in total. The van der Waals surface area contributed by atoms with Gasteiger partial charge in [-0.1, -0.05) is 252 Å². The molecule has 11 aromatic rings. The van der Waals surface area contributed by atoms with E-state index in [1.54, 1.807) is 28.8 Å². The number of hydrogen-bond donors (Lipinski definition) is 0. The van der Waals surface area contributed by atoms with Gasteiger partial charge in [0.05, 0.1) is 11.2 Å². The van der Waals surface area contributed by atoms with E-state index in [9.17, 15) is 0 Å². The predicted octanol–water partition coefficient (Wildman–Crippen LogP) is 16.6. The van der Waals surface area contributed by atoms with Crippen LogP contribution in [0.5, 0.6) is 0 Å². The van der Waals surface area contributed by atoms with E-state index in [4.69, 9.17) is 41.9 Å². The molecular formula is C81H96B5O9. The molecule has 4 aliphatic rings.